The first kappa shape index (κ1) is 26.1. The molecule has 2 fully saturated rings. The number of alkyl carbamates (subject to hydrolysis) is 1. The Morgan fingerprint density at radius 2 is 1.81 bits per heavy atom. The number of carbonyl (C=O) groups is 3. The van der Waals surface area contributed by atoms with Gasteiger partial charge >= 0.3 is 6.09 Å². The lowest BCUT2D eigenvalue weighted by molar-refractivity contribution is 0.0303. The lowest BCUT2D eigenvalue weighted by Gasteiger charge is -2.26. The quantitative estimate of drug-likeness (QED) is 0.528. The molecule has 0 radical (unpaired) electrons. The number of hydrogen-bond donors (Lipinski definition) is 3. The van der Waals surface area contributed by atoms with Gasteiger partial charge < -0.3 is 35.6 Å². The first-order chi connectivity index (χ1) is 17.6. The predicted molar refractivity (Wildman–Crippen MR) is 137 cm³/mol. The molecule has 0 bridgehead atoms. The Labute approximate surface area is 215 Å². The van der Waals surface area contributed by atoms with Crippen molar-refractivity contribution in [3.63, 3.8) is 0 Å². The number of amides is 3. The average molecular weight is 512 g/mol. The smallest absolute Gasteiger partial charge is 0.407 e. The van der Waals surface area contributed by atoms with Crippen LogP contribution < -0.4 is 21.3 Å². The number of hydrogen-bond acceptors (Lipinski definition) is 9. The second-order valence-electron chi connectivity index (χ2n) is 9.98. The molecule has 1 atom stereocenters. The first-order valence-electron chi connectivity index (χ1n) is 12.2. The largest absolute Gasteiger partial charge is 0.444 e. The van der Waals surface area contributed by atoms with E-state index in [0.717, 1.165) is 0 Å². The molecule has 2 aliphatic heterocycles. The number of nitrogens with zero attached hydrogens (tertiary/aromatic N) is 4. The molecule has 37 heavy (non-hydrogen) atoms. The van der Waals surface area contributed by atoms with E-state index in [1.807, 2.05) is 25.7 Å². The van der Waals surface area contributed by atoms with Crippen molar-refractivity contribution in [1.82, 2.24) is 20.2 Å². The summed E-state index contributed by atoms with van der Waals surface area (Å²) in [5, 5.41) is 5.99. The van der Waals surface area contributed by atoms with E-state index < -0.39 is 17.6 Å². The number of anilines is 3. The zero-order valence-corrected chi connectivity index (χ0v) is 21.3. The van der Waals surface area contributed by atoms with Crippen molar-refractivity contribution < 1.29 is 23.9 Å². The summed E-state index contributed by atoms with van der Waals surface area (Å²) in [6.07, 6.45) is 1.61. The molecule has 0 spiro atoms. The molecule has 0 saturated carbocycles. The van der Waals surface area contributed by atoms with E-state index in [2.05, 4.69) is 20.6 Å². The van der Waals surface area contributed by atoms with E-state index in [1.54, 1.807) is 29.2 Å². The summed E-state index contributed by atoms with van der Waals surface area (Å²) in [7, 11) is 0. The van der Waals surface area contributed by atoms with Gasteiger partial charge in [-0.25, -0.2) is 9.78 Å². The topological polar surface area (TPSA) is 152 Å². The van der Waals surface area contributed by atoms with E-state index >= 15 is 0 Å². The fraction of sp³-hybridized carbons (Fsp3) is 0.480. The molecule has 198 valence electrons. The number of nitrogens with two attached hydrogens (primary N) is 1. The summed E-state index contributed by atoms with van der Waals surface area (Å²) in [6.45, 7) is 8.74. The van der Waals surface area contributed by atoms with E-state index in [-0.39, 0.29) is 23.3 Å². The molecular formula is C25H33N7O5. The predicted octanol–water partition coefficient (Wildman–Crippen LogP) is 1.89. The van der Waals surface area contributed by atoms with Crippen LogP contribution in [0.25, 0.3) is 0 Å². The second kappa shape index (κ2) is 11.0. The highest BCUT2D eigenvalue weighted by atomic mass is 16.6. The van der Waals surface area contributed by atoms with E-state index in [9.17, 15) is 14.4 Å². The lowest BCUT2D eigenvalue weighted by Crippen LogP contribution is -2.40. The molecule has 3 heterocycles. The Morgan fingerprint density at radius 3 is 2.46 bits per heavy atom. The highest BCUT2D eigenvalue weighted by Crippen LogP contribution is 2.24. The third-order valence-corrected chi connectivity index (χ3v) is 5.93. The number of carbonyl (C=O) groups excluding carboxylic acids is 3. The Hall–Kier alpha value is -3.93. The number of nitrogens with one attached hydrogen (secondary N) is 2. The van der Waals surface area contributed by atoms with E-state index in [1.165, 1.54) is 6.20 Å². The van der Waals surface area contributed by atoms with Gasteiger partial charge in [0, 0.05) is 43.6 Å². The number of rotatable bonds is 6. The average Bonchev–Trinajstić information content (AvgIpc) is 3.31. The third-order valence-electron chi connectivity index (χ3n) is 5.93. The van der Waals surface area contributed by atoms with Crippen molar-refractivity contribution in [2.75, 3.05) is 49.6 Å². The van der Waals surface area contributed by atoms with Crippen molar-refractivity contribution in [3.05, 3.63) is 41.6 Å². The minimum absolute atomic E-state index is 0.0550. The molecule has 2 aliphatic rings. The molecule has 4 N–H and O–H groups in total. The minimum atomic E-state index is -0.668. The standard InChI is InChI=1S/C25H33N7O5/c1-25(2,3)37-24(35)29-18-8-9-32(15-18)23-27-14-19(20(26)33)21(30-23)28-17-6-4-16(5-7-17)22(34)31-10-12-36-13-11-31/h4-7,14,18H,8-13,15H2,1-3H3,(H2,26,33)(H,29,35)(H,27,28,30)/t18-/m0/s1. The Kier molecular flexibility index (Phi) is 7.77. The van der Waals surface area contributed by atoms with Crippen LogP contribution in [0.1, 0.15) is 47.9 Å². The molecule has 2 aromatic rings. The molecule has 0 unspecified atom stereocenters. The summed E-state index contributed by atoms with van der Waals surface area (Å²) < 4.78 is 10.6. The highest BCUT2D eigenvalue weighted by molar-refractivity contribution is 5.98. The van der Waals surface area contributed by atoms with Gasteiger partial charge in [0.2, 0.25) is 5.95 Å². The summed E-state index contributed by atoms with van der Waals surface area (Å²) >= 11 is 0. The fourth-order valence-electron chi connectivity index (χ4n) is 4.12. The normalized spacial score (nSPS) is 17.9. The summed E-state index contributed by atoms with van der Waals surface area (Å²) in [5.74, 6) is -0.0620. The van der Waals surface area contributed by atoms with Crippen LogP contribution in [-0.4, -0.2) is 83.8 Å². The SMILES string of the molecule is CC(C)(C)OC(=O)N[C@H]1CCN(c2ncc(C(N)=O)c(Nc3ccc(C(=O)N4CCOCC4)cc3)n2)C1. The number of aromatic nitrogens is 2. The van der Waals surface area contributed by atoms with Crippen LogP contribution in [0.2, 0.25) is 0 Å². The highest BCUT2D eigenvalue weighted by Gasteiger charge is 2.28. The van der Waals surface area contributed by atoms with Gasteiger partial charge in [0.15, 0.2) is 0 Å². The molecule has 2 saturated heterocycles. The van der Waals surface area contributed by atoms with Crippen LogP contribution >= 0.6 is 0 Å². The Bertz CT molecular complexity index is 1140. The van der Waals surface area contributed by atoms with Crippen molar-refractivity contribution in [3.8, 4) is 0 Å². The van der Waals surface area contributed by atoms with Gasteiger partial charge in [-0.05, 0) is 51.5 Å². The van der Waals surface area contributed by atoms with Gasteiger partial charge in [0.1, 0.15) is 17.0 Å². The van der Waals surface area contributed by atoms with Crippen molar-refractivity contribution >= 4 is 35.4 Å². The Balaban J connectivity index is 1.44. The minimum Gasteiger partial charge on any atom is -0.444 e. The maximum Gasteiger partial charge on any atom is 0.407 e. The van der Waals surface area contributed by atoms with Crippen molar-refractivity contribution in [2.45, 2.75) is 38.8 Å². The van der Waals surface area contributed by atoms with Gasteiger partial charge in [0.05, 0.1) is 19.3 Å². The first-order valence-corrected chi connectivity index (χ1v) is 12.2. The summed E-state index contributed by atoms with van der Waals surface area (Å²) in [6, 6.07) is 6.81. The van der Waals surface area contributed by atoms with Gasteiger partial charge in [0.25, 0.3) is 11.8 Å². The summed E-state index contributed by atoms with van der Waals surface area (Å²) in [4.78, 5) is 49.4. The van der Waals surface area contributed by atoms with Gasteiger partial charge in [-0.1, -0.05) is 0 Å². The molecule has 4 rings (SSSR count). The number of benzene rings is 1. The monoisotopic (exact) mass is 511 g/mol. The van der Waals surface area contributed by atoms with Crippen LogP contribution in [0, 0.1) is 0 Å². The summed E-state index contributed by atoms with van der Waals surface area (Å²) in [5.41, 5.74) is 6.31. The molecule has 3 amide bonds. The van der Waals surface area contributed by atoms with E-state index in [4.69, 9.17) is 15.2 Å². The zero-order chi connectivity index (χ0) is 26.6. The van der Waals surface area contributed by atoms with Crippen LogP contribution in [0.15, 0.2) is 30.5 Å². The van der Waals surface area contributed by atoms with Crippen LogP contribution in [0.3, 0.4) is 0 Å². The maximum atomic E-state index is 12.7. The van der Waals surface area contributed by atoms with Gasteiger partial charge in [-0.3, -0.25) is 9.59 Å². The second-order valence-corrected chi connectivity index (χ2v) is 9.98. The van der Waals surface area contributed by atoms with Crippen molar-refractivity contribution in [1.29, 1.82) is 0 Å². The fourth-order valence-corrected chi connectivity index (χ4v) is 4.12. The molecular weight excluding hydrogens is 478 g/mol. The number of morpholine rings is 1. The molecule has 1 aromatic carbocycles. The molecule has 1 aromatic heterocycles. The maximum absolute atomic E-state index is 12.7. The van der Waals surface area contributed by atoms with Crippen LogP contribution in [-0.2, 0) is 9.47 Å². The van der Waals surface area contributed by atoms with Crippen LogP contribution in [0.5, 0.6) is 0 Å². The zero-order valence-electron chi connectivity index (χ0n) is 21.3. The van der Waals surface area contributed by atoms with Crippen LogP contribution in [0.4, 0.5) is 22.2 Å². The van der Waals surface area contributed by atoms with E-state index in [0.29, 0.717) is 63.0 Å². The number of primary amides is 1. The van der Waals surface area contributed by atoms with Gasteiger partial charge in [-0.2, -0.15) is 4.98 Å². The molecule has 12 nitrogen and oxygen atoms in total. The Morgan fingerprint density at radius 1 is 1.11 bits per heavy atom. The number of ether oxygens (including phenoxy) is 2. The molecule has 12 heteroatoms. The third kappa shape index (κ3) is 6.85. The lowest BCUT2D eigenvalue weighted by atomic mass is 10.1. The van der Waals surface area contributed by atoms with Crippen molar-refractivity contribution in [2.24, 2.45) is 5.73 Å². The van der Waals surface area contributed by atoms with Gasteiger partial charge in [-0.15, -0.1) is 0 Å². The molecule has 0 aliphatic carbocycles.